The first-order chi connectivity index (χ1) is 13.7. The maximum atomic E-state index is 12.9. The van der Waals surface area contributed by atoms with Crippen molar-refractivity contribution in [3.63, 3.8) is 0 Å². The van der Waals surface area contributed by atoms with Gasteiger partial charge in [-0.15, -0.1) is 10.2 Å². The topological polar surface area (TPSA) is 71.2 Å². The van der Waals surface area contributed by atoms with E-state index in [0.29, 0.717) is 12.3 Å². The Kier molecular flexibility index (Phi) is 5.34. The number of phenols is 1. The predicted molar refractivity (Wildman–Crippen MR) is 111 cm³/mol. The molecule has 7 heteroatoms. The third-order valence-electron chi connectivity index (χ3n) is 4.89. The largest absolute Gasteiger partial charge is 0.508 e. The number of aromatic nitrogens is 3. The van der Waals surface area contributed by atoms with Crippen LogP contribution in [0.4, 0.5) is 5.69 Å². The number of thioether (sulfide) groups is 1. The molecule has 144 valence electrons. The van der Waals surface area contributed by atoms with Crippen LogP contribution >= 0.6 is 11.8 Å². The number of aromatic hydroxyl groups is 1. The van der Waals surface area contributed by atoms with Gasteiger partial charge in [-0.3, -0.25) is 4.79 Å². The molecule has 6 nitrogen and oxygen atoms in total. The molecule has 28 heavy (non-hydrogen) atoms. The SMILES string of the molecule is CCn1c(SCC(=O)N2CCCc3ccccc32)nnc1-c1ccc(O)cc1. The molecule has 1 aromatic heterocycles. The number of anilines is 1. The van der Waals surface area contributed by atoms with Gasteiger partial charge < -0.3 is 14.6 Å². The van der Waals surface area contributed by atoms with Crippen molar-refractivity contribution in [2.45, 2.75) is 31.5 Å². The number of nitrogens with zero attached hydrogens (tertiary/aromatic N) is 4. The van der Waals surface area contributed by atoms with Crippen LogP contribution in [0.15, 0.2) is 53.7 Å². The van der Waals surface area contributed by atoms with Gasteiger partial charge in [-0.25, -0.2) is 0 Å². The van der Waals surface area contributed by atoms with Crippen molar-refractivity contribution in [2.24, 2.45) is 0 Å². The normalized spacial score (nSPS) is 13.4. The molecule has 4 rings (SSSR count). The van der Waals surface area contributed by atoms with Gasteiger partial charge in [0, 0.05) is 24.3 Å². The summed E-state index contributed by atoms with van der Waals surface area (Å²) in [5.74, 6) is 1.37. The van der Waals surface area contributed by atoms with Crippen LogP contribution in [0, 0.1) is 0 Å². The van der Waals surface area contributed by atoms with Gasteiger partial charge >= 0.3 is 0 Å². The molecule has 0 spiro atoms. The Morgan fingerprint density at radius 1 is 1.14 bits per heavy atom. The Labute approximate surface area is 168 Å². The molecule has 0 unspecified atom stereocenters. The van der Waals surface area contributed by atoms with Crippen LogP contribution in [0.25, 0.3) is 11.4 Å². The second kappa shape index (κ2) is 8.06. The summed E-state index contributed by atoms with van der Waals surface area (Å²) >= 11 is 1.42. The second-order valence-corrected chi connectivity index (χ2v) is 7.61. The van der Waals surface area contributed by atoms with Gasteiger partial charge in [-0.1, -0.05) is 30.0 Å². The summed E-state index contributed by atoms with van der Waals surface area (Å²) in [4.78, 5) is 14.8. The summed E-state index contributed by atoms with van der Waals surface area (Å²) < 4.78 is 1.99. The van der Waals surface area contributed by atoms with Gasteiger partial charge in [0.2, 0.25) is 5.91 Å². The fraction of sp³-hybridized carbons (Fsp3) is 0.286. The Hall–Kier alpha value is -2.80. The van der Waals surface area contributed by atoms with E-state index in [9.17, 15) is 9.90 Å². The first-order valence-corrected chi connectivity index (χ1v) is 10.4. The molecular formula is C21H22N4O2S. The van der Waals surface area contributed by atoms with Crippen molar-refractivity contribution in [2.75, 3.05) is 17.2 Å². The lowest BCUT2D eigenvalue weighted by molar-refractivity contribution is -0.116. The zero-order chi connectivity index (χ0) is 19.5. The van der Waals surface area contributed by atoms with E-state index in [1.165, 1.54) is 17.3 Å². The average molecular weight is 395 g/mol. The van der Waals surface area contributed by atoms with Crippen molar-refractivity contribution < 1.29 is 9.90 Å². The fourth-order valence-electron chi connectivity index (χ4n) is 3.50. The van der Waals surface area contributed by atoms with Gasteiger partial charge in [-0.2, -0.15) is 0 Å². The third kappa shape index (κ3) is 3.62. The number of aryl methyl sites for hydroxylation is 1. The molecule has 0 saturated carbocycles. The molecule has 1 aliphatic heterocycles. The van der Waals surface area contributed by atoms with E-state index in [2.05, 4.69) is 16.3 Å². The molecule has 1 aliphatic rings. The Morgan fingerprint density at radius 2 is 1.93 bits per heavy atom. The smallest absolute Gasteiger partial charge is 0.237 e. The highest BCUT2D eigenvalue weighted by molar-refractivity contribution is 7.99. The number of rotatable bonds is 5. The predicted octanol–water partition coefficient (Wildman–Crippen LogP) is 3.74. The zero-order valence-corrected chi connectivity index (χ0v) is 16.5. The number of para-hydroxylation sites is 1. The molecular weight excluding hydrogens is 372 g/mol. The van der Waals surface area contributed by atoms with Gasteiger partial charge in [0.25, 0.3) is 0 Å². The molecule has 2 heterocycles. The molecule has 2 aromatic carbocycles. The van der Waals surface area contributed by atoms with E-state index in [-0.39, 0.29) is 11.7 Å². The Balaban J connectivity index is 1.50. The molecule has 1 N–H and O–H groups in total. The Morgan fingerprint density at radius 3 is 2.71 bits per heavy atom. The van der Waals surface area contributed by atoms with E-state index >= 15 is 0 Å². The minimum absolute atomic E-state index is 0.0917. The molecule has 0 saturated heterocycles. The average Bonchev–Trinajstić information content (AvgIpc) is 3.15. The highest BCUT2D eigenvalue weighted by Gasteiger charge is 2.23. The van der Waals surface area contributed by atoms with Crippen LogP contribution in [0.1, 0.15) is 18.9 Å². The van der Waals surface area contributed by atoms with E-state index in [4.69, 9.17) is 0 Å². The van der Waals surface area contributed by atoms with E-state index in [1.807, 2.05) is 46.7 Å². The number of benzene rings is 2. The summed E-state index contributed by atoms with van der Waals surface area (Å²) in [6.45, 7) is 3.49. The molecule has 3 aromatic rings. The highest BCUT2D eigenvalue weighted by Crippen LogP contribution is 2.29. The third-order valence-corrected chi connectivity index (χ3v) is 5.85. The summed E-state index contributed by atoms with van der Waals surface area (Å²) in [5, 5.41) is 18.8. The first-order valence-electron chi connectivity index (χ1n) is 9.41. The van der Waals surface area contributed by atoms with Gasteiger partial charge in [0.05, 0.1) is 5.75 Å². The number of hydrogen-bond donors (Lipinski definition) is 1. The maximum Gasteiger partial charge on any atom is 0.237 e. The maximum absolute atomic E-state index is 12.9. The molecule has 0 atom stereocenters. The van der Waals surface area contributed by atoms with Gasteiger partial charge in [-0.05, 0) is 55.7 Å². The zero-order valence-electron chi connectivity index (χ0n) is 15.7. The van der Waals surface area contributed by atoms with Crippen molar-refractivity contribution in [3.8, 4) is 17.1 Å². The van der Waals surface area contributed by atoms with Crippen LogP contribution in [-0.4, -0.2) is 38.1 Å². The minimum atomic E-state index is 0.0917. The lowest BCUT2D eigenvalue weighted by Crippen LogP contribution is -2.36. The first kappa shape index (κ1) is 18.6. The van der Waals surface area contributed by atoms with Crippen molar-refractivity contribution in [3.05, 3.63) is 54.1 Å². The molecule has 1 amide bonds. The van der Waals surface area contributed by atoms with Gasteiger partial charge in [0.1, 0.15) is 5.75 Å². The van der Waals surface area contributed by atoms with Crippen molar-refractivity contribution >= 4 is 23.4 Å². The van der Waals surface area contributed by atoms with E-state index in [0.717, 1.165) is 41.6 Å². The minimum Gasteiger partial charge on any atom is -0.508 e. The molecule has 0 aliphatic carbocycles. The number of amides is 1. The van der Waals surface area contributed by atoms with Crippen LogP contribution in [0.3, 0.4) is 0 Å². The fourth-order valence-corrected chi connectivity index (χ4v) is 4.38. The second-order valence-electron chi connectivity index (χ2n) is 6.66. The summed E-state index contributed by atoms with van der Waals surface area (Å²) in [6, 6.07) is 15.0. The van der Waals surface area contributed by atoms with E-state index in [1.54, 1.807) is 12.1 Å². The number of carbonyl (C=O) groups is 1. The summed E-state index contributed by atoms with van der Waals surface area (Å²) in [5.41, 5.74) is 3.15. The molecule has 0 fully saturated rings. The van der Waals surface area contributed by atoms with Gasteiger partial charge in [0.15, 0.2) is 11.0 Å². The lowest BCUT2D eigenvalue weighted by Gasteiger charge is -2.29. The molecule has 0 radical (unpaired) electrons. The number of hydrogen-bond acceptors (Lipinski definition) is 5. The van der Waals surface area contributed by atoms with E-state index < -0.39 is 0 Å². The number of carbonyl (C=O) groups excluding carboxylic acids is 1. The Bertz CT molecular complexity index is 984. The quantitative estimate of drug-likeness (QED) is 0.668. The standard InChI is InChI=1S/C21H22N4O2S/c1-2-24-20(16-9-11-17(26)12-10-16)22-23-21(24)28-14-19(27)25-13-5-7-15-6-3-4-8-18(15)25/h3-4,6,8-12,26H,2,5,7,13-14H2,1H3. The van der Waals surface area contributed by atoms with Crippen LogP contribution in [0.2, 0.25) is 0 Å². The van der Waals surface area contributed by atoms with Crippen LogP contribution in [-0.2, 0) is 17.8 Å². The summed E-state index contributed by atoms with van der Waals surface area (Å²) in [6.07, 6.45) is 2.01. The monoisotopic (exact) mass is 394 g/mol. The van der Waals surface area contributed by atoms with Crippen LogP contribution < -0.4 is 4.90 Å². The van der Waals surface area contributed by atoms with Crippen molar-refractivity contribution in [1.82, 2.24) is 14.8 Å². The summed E-state index contributed by atoms with van der Waals surface area (Å²) in [7, 11) is 0. The number of phenolic OH excluding ortho intramolecular Hbond substituents is 1. The lowest BCUT2D eigenvalue weighted by atomic mass is 10.0. The molecule has 0 bridgehead atoms. The van der Waals surface area contributed by atoms with Crippen molar-refractivity contribution in [1.29, 1.82) is 0 Å². The number of fused-ring (bicyclic) bond motifs is 1. The van der Waals surface area contributed by atoms with Crippen LogP contribution in [0.5, 0.6) is 5.75 Å². The highest BCUT2D eigenvalue weighted by atomic mass is 32.2.